The Morgan fingerprint density at radius 3 is 2.67 bits per heavy atom. The number of hydrogen-bond acceptors (Lipinski definition) is 1. The van der Waals surface area contributed by atoms with E-state index in [9.17, 15) is 4.39 Å². The second-order valence-corrected chi connectivity index (χ2v) is 4.16. The van der Waals surface area contributed by atoms with Crippen molar-refractivity contribution in [2.24, 2.45) is 5.73 Å². The summed E-state index contributed by atoms with van der Waals surface area (Å²) in [6.45, 7) is 7.68. The van der Waals surface area contributed by atoms with E-state index in [0.29, 0.717) is 0 Å². The molecule has 82 valence electrons. The van der Waals surface area contributed by atoms with Gasteiger partial charge in [-0.1, -0.05) is 11.6 Å². The standard InChI is InChI=1S/C13H18FN/c1-9(2)4-5-13(15)11-6-10(3)7-12(14)8-11/h6-8,13H,1,4-5,15H2,2-3H3. The van der Waals surface area contributed by atoms with Gasteiger partial charge >= 0.3 is 0 Å². The summed E-state index contributed by atoms with van der Waals surface area (Å²) in [6, 6.07) is 4.85. The summed E-state index contributed by atoms with van der Waals surface area (Å²) in [5.41, 5.74) is 8.87. The van der Waals surface area contributed by atoms with Gasteiger partial charge in [-0.15, -0.1) is 6.58 Å². The number of rotatable bonds is 4. The van der Waals surface area contributed by atoms with E-state index in [-0.39, 0.29) is 11.9 Å². The summed E-state index contributed by atoms with van der Waals surface area (Å²) >= 11 is 0. The highest BCUT2D eigenvalue weighted by atomic mass is 19.1. The zero-order valence-electron chi connectivity index (χ0n) is 9.39. The van der Waals surface area contributed by atoms with Crippen molar-refractivity contribution in [1.82, 2.24) is 0 Å². The Labute approximate surface area is 90.8 Å². The molecule has 0 heterocycles. The van der Waals surface area contributed by atoms with E-state index in [4.69, 9.17) is 5.73 Å². The third kappa shape index (κ3) is 3.84. The minimum Gasteiger partial charge on any atom is -0.324 e. The van der Waals surface area contributed by atoms with Crippen LogP contribution in [0.4, 0.5) is 4.39 Å². The van der Waals surface area contributed by atoms with Gasteiger partial charge < -0.3 is 5.73 Å². The smallest absolute Gasteiger partial charge is 0.123 e. The fraction of sp³-hybridized carbons (Fsp3) is 0.385. The molecule has 0 saturated heterocycles. The molecule has 2 heteroatoms. The van der Waals surface area contributed by atoms with Crippen molar-refractivity contribution >= 4 is 0 Å². The summed E-state index contributed by atoms with van der Waals surface area (Å²) in [6.07, 6.45) is 1.70. The average molecular weight is 207 g/mol. The molecule has 15 heavy (non-hydrogen) atoms. The van der Waals surface area contributed by atoms with E-state index in [1.165, 1.54) is 12.1 Å². The Hall–Kier alpha value is -1.15. The number of allylic oxidation sites excluding steroid dienone is 1. The first kappa shape index (κ1) is 11.9. The molecule has 0 bridgehead atoms. The van der Waals surface area contributed by atoms with E-state index >= 15 is 0 Å². The van der Waals surface area contributed by atoms with Gasteiger partial charge in [0, 0.05) is 6.04 Å². The van der Waals surface area contributed by atoms with Crippen LogP contribution in [0.2, 0.25) is 0 Å². The van der Waals surface area contributed by atoms with Crippen LogP contribution in [-0.4, -0.2) is 0 Å². The highest BCUT2D eigenvalue weighted by Gasteiger charge is 2.07. The minimum absolute atomic E-state index is 0.101. The summed E-state index contributed by atoms with van der Waals surface area (Å²) in [5.74, 6) is -0.212. The van der Waals surface area contributed by atoms with Crippen molar-refractivity contribution in [3.05, 3.63) is 47.3 Å². The van der Waals surface area contributed by atoms with E-state index in [2.05, 4.69) is 6.58 Å². The highest BCUT2D eigenvalue weighted by molar-refractivity contribution is 5.26. The van der Waals surface area contributed by atoms with Crippen LogP contribution in [0.3, 0.4) is 0 Å². The molecule has 0 aliphatic rings. The summed E-state index contributed by atoms with van der Waals surface area (Å²) < 4.78 is 13.1. The molecule has 0 aliphatic heterocycles. The highest BCUT2D eigenvalue weighted by Crippen LogP contribution is 2.20. The van der Waals surface area contributed by atoms with E-state index in [1.807, 2.05) is 19.9 Å². The summed E-state index contributed by atoms with van der Waals surface area (Å²) in [4.78, 5) is 0. The van der Waals surface area contributed by atoms with Gasteiger partial charge in [-0.3, -0.25) is 0 Å². The predicted octanol–water partition coefficient (Wildman–Crippen LogP) is 3.49. The van der Waals surface area contributed by atoms with Gasteiger partial charge in [0.2, 0.25) is 0 Å². The summed E-state index contributed by atoms with van der Waals surface area (Å²) in [7, 11) is 0. The first-order valence-corrected chi connectivity index (χ1v) is 5.16. The Kier molecular flexibility index (Phi) is 4.04. The second kappa shape index (κ2) is 5.08. The summed E-state index contributed by atoms with van der Waals surface area (Å²) in [5, 5.41) is 0. The molecule has 0 radical (unpaired) electrons. The maximum absolute atomic E-state index is 13.1. The third-order valence-electron chi connectivity index (χ3n) is 2.37. The molecular weight excluding hydrogens is 189 g/mol. The topological polar surface area (TPSA) is 26.0 Å². The van der Waals surface area contributed by atoms with Gasteiger partial charge in [-0.2, -0.15) is 0 Å². The Morgan fingerprint density at radius 2 is 2.13 bits per heavy atom. The zero-order valence-corrected chi connectivity index (χ0v) is 9.39. The predicted molar refractivity (Wildman–Crippen MR) is 62.1 cm³/mol. The van der Waals surface area contributed by atoms with Crippen LogP contribution in [0.5, 0.6) is 0 Å². The molecule has 0 fully saturated rings. The Balaban J connectivity index is 2.72. The molecular formula is C13H18FN. The number of nitrogens with two attached hydrogens (primary N) is 1. The average Bonchev–Trinajstić information content (AvgIpc) is 2.12. The van der Waals surface area contributed by atoms with Crippen LogP contribution in [0.1, 0.15) is 36.9 Å². The fourth-order valence-electron chi connectivity index (χ4n) is 1.55. The Morgan fingerprint density at radius 1 is 1.47 bits per heavy atom. The number of halogens is 1. The van der Waals surface area contributed by atoms with Crippen LogP contribution in [-0.2, 0) is 0 Å². The first-order chi connectivity index (χ1) is 6.99. The molecule has 0 amide bonds. The van der Waals surface area contributed by atoms with Crippen LogP contribution in [0.25, 0.3) is 0 Å². The van der Waals surface area contributed by atoms with Crippen LogP contribution in [0, 0.1) is 12.7 Å². The van der Waals surface area contributed by atoms with Crippen LogP contribution in [0.15, 0.2) is 30.4 Å². The molecule has 0 spiro atoms. The normalized spacial score (nSPS) is 12.5. The van der Waals surface area contributed by atoms with E-state index in [1.54, 1.807) is 0 Å². The molecule has 2 N–H and O–H groups in total. The van der Waals surface area contributed by atoms with Gasteiger partial charge in [0.1, 0.15) is 5.82 Å². The molecule has 0 saturated carbocycles. The van der Waals surface area contributed by atoms with Crippen molar-refractivity contribution in [3.63, 3.8) is 0 Å². The second-order valence-electron chi connectivity index (χ2n) is 4.16. The van der Waals surface area contributed by atoms with Crippen molar-refractivity contribution in [2.75, 3.05) is 0 Å². The number of aryl methyl sites for hydroxylation is 1. The van der Waals surface area contributed by atoms with Gasteiger partial charge in [0.25, 0.3) is 0 Å². The molecule has 1 aromatic carbocycles. The fourth-order valence-corrected chi connectivity index (χ4v) is 1.55. The maximum atomic E-state index is 13.1. The number of benzene rings is 1. The Bertz CT molecular complexity index is 337. The van der Waals surface area contributed by atoms with Crippen LogP contribution >= 0.6 is 0 Å². The largest absolute Gasteiger partial charge is 0.324 e. The van der Waals surface area contributed by atoms with Gasteiger partial charge in [-0.05, 0) is 49.9 Å². The van der Waals surface area contributed by atoms with Crippen molar-refractivity contribution < 1.29 is 4.39 Å². The molecule has 1 nitrogen and oxygen atoms in total. The van der Waals surface area contributed by atoms with Gasteiger partial charge in [0.05, 0.1) is 0 Å². The van der Waals surface area contributed by atoms with Crippen molar-refractivity contribution in [2.45, 2.75) is 32.7 Å². The van der Waals surface area contributed by atoms with Crippen molar-refractivity contribution in [1.29, 1.82) is 0 Å². The van der Waals surface area contributed by atoms with Gasteiger partial charge in [-0.25, -0.2) is 4.39 Å². The zero-order chi connectivity index (χ0) is 11.4. The molecule has 1 rings (SSSR count). The molecule has 1 atom stereocenters. The minimum atomic E-state index is -0.212. The third-order valence-corrected chi connectivity index (χ3v) is 2.37. The lowest BCUT2D eigenvalue weighted by Crippen LogP contribution is -2.10. The van der Waals surface area contributed by atoms with E-state index < -0.39 is 0 Å². The monoisotopic (exact) mass is 207 g/mol. The van der Waals surface area contributed by atoms with Crippen LogP contribution < -0.4 is 5.73 Å². The van der Waals surface area contributed by atoms with E-state index in [0.717, 1.165) is 29.5 Å². The van der Waals surface area contributed by atoms with Gasteiger partial charge in [0.15, 0.2) is 0 Å². The lowest BCUT2D eigenvalue weighted by molar-refractivity contribution is 0.607. The molecule has 1 unspecified atom stereocenters. The number of hydrogen-bond donors (Lipinski definition) is 1. The quantitative estimate of drug-likeness (QED) is 0.751. The lowest BCUT2D eigenvalue weighted by atomic mass is 9.99. The first-order valence-electron chi connectivity index (χ1n) is 5.16. The lowest BCUT2D eigenvalue weighted by Gasteiger charge is -2.12. The molecule has 0 aliphatic carbocycles. The molecule has 0 aromatic heterocycles. The van der Waals surface area contributed by atoms with Crippen molar-refractivity contribution in [3.8, 4) is 0 Å². The maximum Gasteiger partial charge on any atom is 0.123 e. The SMILES string of the molecule is C=C(C)CCC(N)c1cc(C)cc(F)c1. The molecule has 1 aromatic rings.